The summed E-state index contributed by atoms with van der Waals surface area (Å²) in [5, 5.41) is 1.38. The highest BCUT2D eigenvalue weighted by atomic mass is 32.2. The highest BCUT2D eigenvalue weighted by Gasteiger charge is 2.09. The normalized spacial score (nSPS) is 10.7. The Balaban J connectivity index is 1.82. The van der Waals surface area contributed by atoms with E-state index in [1.165, 1.54) is 31.3 Å². The SMILES string of the molecule is COC(=O)c1cnc(Sc2nc3ccccc3[nH]2)cn1. The van der Waals surface area contributed by atoms with Crippen molar-refractivity contribution in [2.75, 3.05) is 7.11 Å². The number of esters is 1. The van der Waals surface area contributed by atoms with Gasteiger partial charge < -0.3 is 9.72 Å². The number of methoxy groups -OCH3 is 1. The zero-order valence-corrected chi connectivity index (χ0v) is 11.3. The van der Waals surface area contributed by atoms with Crippen LogP contribution in [-0.2, 0) is 4.74 Å². The Labute approximate surface area is 118 Å². The van der Waals surface area contributed by atoms with Crippen LogP contribution in [0.25, 0.3) is 11.0 Å². The minimum atomic E-state index is -0.502. The number of hydrogen-bond acceptors (Lipinski definition) is 6. The molecule has 1 aromatic carbocycles. The van der Waals surface area contributed by atoms with E-state index in [0.29, 0.717) is 5.03 Å². The molecule has 0 bridgehead atoms. The summed E-state index contributed by atoms with van der Waals surface area (Å²) < 4.78 is 4.57. The Hall–Kier alpha value is -2.41. The number of nitrogens with one attached hydrogen (secondary N) is 1. The van der Waals surface area contributed by atoms with Crippen LogP contribution in [0.5, 0.6) is 0 Å². The van der Waals surface area contributed by atoms with Gasteiger partial charge in [-0.3, -0.25) is 0 Å². The van der Waals surface area contributed by atoms with Gasteiger partial charge in [0.15, 0.2) is 10.9 Å². The number of carbonyl (C=O) groups excluding carboxylic acids is 1. The van der Waals surface area contributed by atoms with Crippen LogP contribution in [-0.4, -0.2) is 33.0 Å². The molecule has 2 heterocycles. The number of rotatable bonds is 3. The molecular weight excluding hydrogens is 276 g/mol. The van der Waals surface area contributed by atoms with E-state index in [2.05, 4.69) is 24.7 Å². The fourth-order valence-electron chi connectivity index (χ4n) is 1.66. The molecule has 7 heteroatoms. The molecule has 2 aromatic heterocycles. The van der Waals surface area contributed by atoms with Gasteiger partial charge in [0.2, 0.25) is 0 Å². The molecule has 1 N–H and O–H groups in total. The molecule has 0 aliphatic heterocycles. The van der Waals surface area contributed by atoms with Crippen molar-refractivity contribution < 1.29 is 9.53 Å². The maximum Gasteiger partial charge on any atom is 0.358 e. The summed E-state index contributed by atoms with van der Waals surface area (Å²) >= 11 is 1.35. The number of carbonyl (C=O) groups is 1. The van der Waals surface area contributed by atoms with Crippen LogP contribution in [0.15, 0.2) is 46.8 Å². The van der Waals surface area contributed by atoms with Gasteiger partial charge in [-0.05, 0) is 23.9 Å². The van der Waals surface area contributed by atoms with Crippen molar-refractivity contribution in [2.45, 2.75) is 10.2 Å². The maximum atomic E-state index is 11.3. The number of benzene rings is 1. The van der Waals surface area contributed by atoms with Gasteiger partial charge in [0, 0.05) is 0 Å². The topological polar surface area (TPSA) is 80.8 Å². The van der Waals surface area contributed by atoms with Crippen molar-refractivity contribution in [3.63, 3.8) is 0 Å². The molecular formula is C13H10N4O2S. The zero-order chi connectivity index (χ0) is 13.9. The predicted molar refractivity (Wildman–Crippen MR) is 73.6 cm³/mol. The van der Waals surface area contributed by atoms with Crippen molar-refractivity contribution in [1.29, 1.82) is 0 Å². The first-order valence-electron chi connectivity index (χ1n) is 5.79. The molecule has 0 aliphatic carbocycles. The van der Waals surface area contributed by atoms with Crippen molar-refractivity contribution in [3.05, 3.63) is 42.4 Å². The molecule has 20 heavy (non-hydrogen) atoms. The lowest BCUT2D eigenvalue weighted by molar-refractivity contribution is 0.0593. The number of hydrogen-bond donors (Lipinski definition) is 1. The maximum absolute atomic E-state index is 11.3. The van der Waals surface area contributed by atoms with Crippen molar-refractivity contribution in [1.82, 2.24) is 19.9 Å². The van der Waals surface area contributed by atoms with Crippen LogP contribution in [0.1, 0.15) is 10.5 Å². The summed E-state index contributed by atoms with van der Waals surface area (Å²) in [5.74, 6) is -0.502. The lowest BCUT2D eigenvalue weighted by Gasteiger charge is -1.99. The minimum absolute atomic E-state index is 0.182. The average Bonchev–Trinajstić information content (AvgIpc) is 2.89. The van der Waals surface area contributed by atoms with Gasteiger partial charge in [-0.25, -0.2) is 19.7 Å². The highest BCUT2D eigenvalue weighted by Crippen LogP contribution is 2.24. The third-order valence-electron chi connectivity index (χ3n) is 2.59. The van der Waals surface area contributed by atoms with Crippen molar-refractivity contribution in [3.8, 4) is 0 Å². The van der Waals surface area contributed by atoms with Crippen LogP contribution in [0.3, 0.4) is 0 Å². The van der Waals surface area contributed by atoms with Crippen LogP contribution < -0.4 is 0 Å². The van der Waals surface area contributed by atoms with E-state index in [-0.39, 0.29) is 5.69 Å². The number of imidazole rings is 1. The molecule has 0 atom stereocenters. The first kappa shape index (κ1) is 12.6. The lowest BCUT2D eigenvalue weighted by Crippen LogP contribution is -2.04. The first-order valence-corrected chi connectivity index (χ1v) is 6.61. The Morgan fingerprint density at radius 3 is 2.80 bits per heavy atom. The molecule has 0 saturated heterocycles. The molecule has 0 fully saturated rings. The summed E-state index contributed by atoms with van der Waals surface area (Å²) in [5.41, 5.74) is 2.05. The average molecular weight is 286 g/mol. The number of aromatic nitrogens is 4. The first-order chi connectivity index (χ1) is 9.76. The van der Waals surface area contributed by atoms with E-state index < -0.39 is 5.97 Å². The minimum Gasteiger partial charge on any atom is -0.464 e. The Morgan fingerprint density at radius 2 is 2.10 bits per heavy atom. The quantitative estimate of drug-likeness (QED) is 0.744. The van der Waals surface area contributed by atoms with E-state index in [4.69, 9.17) is 0 Å². The summed E-state index contributed by atoms with van der Waals surface area (Å²) in [4.78, 5) is 27.0. The highest BCUT2D eigenvalue weighted by molar-refractivity contribution is 7.99. The summed E-state index contributed by atoms with van der Waals surface area (Å²) in [6.45, 7) is 0. The number of para-hydroxylation sites is 2. The largest absolute Gasteiger partial charge is 0.464 e. The van der Waals surface area contributed by atoms with Crippen molar-refractivity contribution >= 4 is 28.8 Å². The summed E-state index contributed by atoms with van der Waals surface area (Å²) in [7, 11) is 1.31. The van der Waals surface area contributed by atoms with Gasteiger partial charge in [-0.15, -0.1) is 0 Å². The molecule has 0 spiro atoms. The fourth-order valence-corrected chi connectivity index (χ4v) is 2.37. The Bertz CT molecular complexity index is 721. The molecule has 100 valence electrons. The molecule has 0 radical (unpaired) electrons. The van der Waals surface area contributed by atoms with Crippen LogP contribution in [0.4, 0.5) is 0 Å². The number of H-pyrrole nitrogens is 1. The second-order valence-electron chi connectivity index (χ2n) is 3.89. The van der Waals surface area contributed by atoms with Gasteiger partial charge in [0.1, 0.15) is 5.03 Å². The van der Waals surface area contributed by atoms with Crippen LogP contribution >= 0.6 is 11.8 Å². The van der Waals surface area contributed by atoms with E-state index in [1.54, 1.807) is 0 Å². The number of nitrogens with zero attached hydrogens (tertiary/aromatic N) is 3. The van der Waals surface area contributed by atoms with E-state index >= 15 is 0 Å². The van der Waals surface area contributed by atoms with Crippen LogP contribution in [0.2, 0.25) is 0 Å². The smallest absolute Gasteiger partial charge is 0.358 e. The molecule has 3 rings (SSSR count). The lowest BCUT2D eigenvalue weighted by atomic mass is 10.3. The second-order valence-corrected chi connectivity index (χ2v) is 4.90. The third kappa shape index (κ3) is 2.48. The Morgan fingerprint density at radius 1 is 1.25 bits per heavy atom. The van der Waals surface area contributed by atoms with Crippen LogP contribution in [0, 0.1) is 0 Å². The number of fused-ring (bicyclic) bond motifs is 1. The Kier molecular flexibility index (Phi) is 3.34. The zero-order valence-electron chi connectivity index (χ0n) is 10.5. The summed E-state index contributed by atoms with van der Waals surface area (Å²) in [6, 6.07) is 7.77. The van der Waals surface area contributed by atoms with Gasteiger partial charge in [0.05, 0.1) is 30.5 Å². The molecule has 0 amide bonds. The number of aromatic amines is 1. The summed E-state index contributed by atoms with van der Waals surface area (Å²) in [6.07, 6.45) is 2.90. The molecule has 6 nitrogen and oxygen atoms in total. The van der Waals surface area contributed by atoms with E-state index in [9.17, 15) is 4.79 Å². The monoisotopic (exact) mass is 286 g/mol. The number of ether oxygens (including phenoxy) is 1. The predicted octanol–water partition coefficient (Wildman–Crippen LogP) is 2.29. The van der Waals surface area contributed by atoms with Gasteiger partial charge in [0.25, 0.3) is 0 Å². The van der Waals surface area contributed by atoms with Gasteiger partial charge in [-0.1, -0.05) is 12.1 Å². The van der Waals surface area contributed by atoms with E-state index in [0.717, 1.165) is 16.2 Å². The van der Waals surface area contributed by atoms with E-state index in [1.807, 2.05) is 24.3 Å². The second kappa shape index (κ2) is 5.30. The molecule has 0 aliphatic rings. The molecule has 0 saturated carbocycles. The van der Waals surface area contributed by atoms with Gasteiger partial charge in [-0.2, -0.15) is 0 Å². The standard InChI is InChI=1S/C13H10N4O2S/c1-19-12(18)10-6-15-11(7-14-10)20-13-16-8-4-2-3-5-9(8)17-13/h2-7H,1H3,(H,16,17). The molecule has 3 aromatic rings. The third-order valence-corrected chi connectivity index (χ3v) is 3.40. The molecule has 0 unspecified atom stereocenters. The van der Waals surface area contributed by atoms with Crippen molar-refractivity contribution in [2.24, 2.45) is 0 Å². The van der Waals surface area contributed by atoms with Gasteiger partial charge >= 0.3 is 5.97 Å². The fraction of sp³-hybridized carbons (Fsp3) is 0.0769.